The Kier molecular flexibility index (Phi) is 4.46. The first-order valence-corrected chi connectivity index (χ1v) is 9.08. The Morgan fingerprint density at radius 3 is 2.82 bits per heavy atom. The van der Waals surface area contributed by atoms with Crippen LogP contribution in [-0.2, 0) is 6.54 Å². The average Bonchev–Trinajstić information content (AvgIpc) is 3.32. The van der Waals surface area contributed by atoms with E-state index >= 15 is 0 Å². The highest BCUT2D eigenvalue weighted by Gasteiger charge is 2.40. The molecule has 0 unspecified atom stereocenters. The molecule has 0 atom stereocenters. The number of hydrogen-bond donors (Lipinski definition) is 2. The van der Waals surface area contributed by atoms with E-state index in [4.69, 9.17) is 4.74 Å². The van der Waals surface area contributed by atoms with Gasteiger partial charge in [-0.1, -0.05) is 0 Å². The number of carbonyl (C=O) groups excluding carboxylic acids is 1. The number of ether oxygens (including phenoxy) is 1. The van der Waals surface area contributed by atoms with E-state index in [1.807, 2.05) is 19.9 Å². The lowest BCUT2D eigenvalue weighted by atomic mass is 10.2. The molecule has 146 valence electrons. The molecule has 1 amide bonds. The lowest BCUT2D eigenvalue weighted by Crippen LogP contribution is -2.33. The van der Waals surface area contributed by atoms with Gasteiger partial charge in [-0.05, 0) is 38.3 Å². The maximum atomic E-state index is 12.7. The van der Waals surface area contributed by atoms with Crippen LogP contribution < -0.4 is 10.1 Å². The van der Waals surface area contributed by atoms with Crippen LogP contribution in [0.5, 0.6) is 5.88 Å². The molecule has 0 spiro atoms. The quantitative estimate of drug-likeness (QED) is 0.657. The van der Waals surface area contributed by atoms with E-state index in [-0.39, 0.29) is 18.1 Å². The molecule has 1 saturated carbocycles. The number of hydrogen-bond acceptors (Lipinski definition) is 7. The van der Waals surface area contributed by atoms with Gasteiger partial charge in [0.2, 0.25) is 5.88 Å². The maximum Gasteiger partial charge on any atom is 0.274 e. The molecule has 4 rings (SSSR count). The predicted octanol–water partition coefficient (Wildman–Crippen LogP) is 1.15. The number of rotatable bonds is 6. The molecule has 1 aliphatic carbocycles. The monoisotopic (exact) mass is 382 g/mol. The largest absolute Gasteiger partial charge is 0.481 e. The SMILES string of the molecule is COc1ncnc(Cn2nc(C(=O)NCC3(O)CC3)c3ncc(C)cc32)c1C. The van der Waals surface area contributed by atoms with Crippen molar-refractivity contribution in [1.82, 2.24) is 30.0 Å². The Bertz CT molecular complexity index is 1060. The summed E-state index contributed by atoms with van der Waals surface area (Å²) < 4.78 is 6.98. The van der Waals surface area contributed by atoms with Gasteiger partial charge in [0.25, 0.3) is 5.91 Å². The van der Waals surface area contributed by atoms with Gasteiger partial charge in [0.1, 0.15) is 11.8 Å². The summed E-state index contributed by atoms with van der Waals surface area (Å²) in [5, 5.41) is 17.2. The van der Waals surface area contributed by atoms with Crippen molar-refractivity contribution >= 4 is 16.9 Å². The van der Waals surface area contributed by atoms with Crippen LogP contribution in [0, 0.1) is 13.8 Å². The van der Waals surface area contributed by atoms with E-state index in [1.54, 1.807) is 18.0 Å². The number of aromatic nitrogens is 5. The Balaban J connectivity index is 1.70. The van der Waals surface area contributed by atoms with E-state index in [1.165, 1.54) is 6.33 Å². The first-order chi connectivity index (χ1) is 13.4. The number of aliphatic hydroxyl groups is 1. The van der Waals surface area contributed by atoms with Crippen LogP contribution in [0.15, 0.2) is 18.6 Å². The molecule has 3 heterocycles. The maximum absolute atomic E-state index is 12.7. The fourth-order valence-corrected chi connectivity index (χ4v) is 3.05. The molecule has 3 aromatic heterocycles. The van der Waals surface area contributed by atoms with Gasteiger partial charge in [0.05, 0.1) is 30.5 Å². The first-order valence-electron chi connectivity index (χ1n) is 9.08. The van der Waals surface area contributed by atoms with E-state index in [0.717, 1.165) is 22.3 Å². The minimum Gasteiger partial charge on any atom is -0.481 e. The van der Waals surface area contributed by atoms with Crippen LogP contribution in [0.1, 0.15) is 40.2 Å². The Hall–Kier alpha value is -3.07. The minimum absolute atomic E-state index is 0.217. The van der Waals surface area contributed by atoms with Gasteiger partial charge in [-0.2, -0.15) is 5.10 Å². The molecular formula is C19H22N6O3. The van der Waals surface area contributed by atoms with Crippen molar-refractivity contribution in [2.45, 2.75) is 38.8 Å². The molecule has 2 N–H and O–H groups in total. The molecule has 0 bridgehead atoms. The van der Waals surface area contributed by atoms with Crippen molar-refractivity contribution < 1.29 is 14.6 Å². The summed E-state index contributed by atoms with van der Waals surface area (Å²) in [6.45, 7) is 4.39. The molecule has 0 aromatic carbocycles. The van der Waals surface area contributed by atoms with Gasteiger partial charge in [0, 0.05) is 18.3 Å². The molecule has 0 aliphatic heterocycles. The molecule has 1 fully saturated rings. The molecule has 3 aromatic rings. The number of methoxy groups -OCH3 is 1. The van der Waals surface area contributed by atoms with Gasteiger partial charge in [-0.15, -0.1) is 0 Å². The Labute approximate surface area is 161 Å². The van der Waals surface area contributed by atoms with Crippen LogP contribution in [0.4, 0.5) is 0 Å². The van der Waals surface area contributed by atoms with Crippen molar-refractivity contribution in [2.75, 3.05) is 13.7 Å². The van der Waals surface area contributed by atoms with Gasteiger partial charge in [0.15, 0.2) is 5.69 Å². The van der Waals surface area contributed by atoms with E-state index in [0.29, 0.717) is 30.8 Å². The highest BCUT2D eigenvalue weighted by Crippen LogP contribution is 2.34. The Morgan fingerprint density at radius 2 is 2.11 bits per heavy atom. The van der Waals surface area contributed by atoms with E-state index < -0.39 is 5.60 Å². The molecule has 9 heteroatoms. The number of aryl methyl sites for hydroxylation is 1. The van der Waals surface area contributed by atoms with Crippen LogP contribution in [0.3, 0.4) is 0 Å². The number of nitrogens with one attached hydrogen (secondary N) is 1. The van der Waals surface area contributed by atoms with Crippen LogP contribution in [0.2, 0.25) is 0 Å². The minimum atomic E-state index is -0.771. The second kappa shape index (κ2) is 6.83. The third kappa shape index (κ3) is 3.40. The number of fused-ring (bicyclic) bond motifs is 1. The number of nitrogens with zero attached hydrogens (tertiary/aromatic N) is 5. The van der Waals surface area contributed by atoms with Crippen LogP contribution in [-0.4, -0.2) is 55.0 Å². The summed E-state index contributed by atoms with van der Waals surface area (Å²) in [6, 6.07) is 1.94. The van der Waals surface area contributed by atoms with Crippen molar-refractivity contribution in [1.29, 1.82) is 0 Å². The zero-order chi connectivity index (χ0) is 19.9. The highest BCUT2D eigenvalue weighted by molar-refractivity contribution is 6.03. The van der Waals surface area contributed by atoms with Crippen molar-refractivity contribution in [2.24, 2.45) is 0 Å². The average molecular weight is 382 g/mol. The zero-order valence-electron chi connectivity index (χ0n) is 16.1. The van der Waals surface area contributed by atoms with Crippen molar-refractivity contribution in [3.8, 4) is 5.88 Å². The topological polar surface area (TPSA) is 115 Å². The molecular weight excluding hydrogens is 360 g/mol. The summed E-state index contributed by atoms with van der Waals surface area (Å²) in [5.74, 6) is 0.156. The zero-order valence-corrected chi connectivity index (χ0v) is 16.1. The Morgan fingerprint density at radius 1 is 1.32 bits per heavy atom. The fourth-order valence-electron chi connectivity index (χ4n) is 3.05. The van der Waals surface area contributed by atoms with Gasteiger partial charge >= 0.3 is 0 Å². The third-order valence-electron chi connectivity index (χ3n) is 4.98. The van der Waals surface area contributed by atoms with E-state index in [2.05, 4.69) is 25.4 Å². The summed E-state index contributed by atoms with van der Waals surface area (Å²) >= 11 is 0. The molecule has 0 saturated heterocycles. The van der Waals surface area contributed by atoms with Gasteiger partial charge < -0.3 is 15.2 Å². The summed E-state index contributed by atoms with van der Waals surface area (Å²) in [7, 11) is 1.56. The van der Waals surface area contributed by atoms with Gasteiger partial charge in [-0.25, -0.2) is 9.97 Å². The lowest BCUT2D eigenvalue weighted by molar-refractivity contribution is 0.0892. The normalized spacial score (nSPS) is 14.9. The summed E-state index contributed by atoms with van der Waals surface area (Å²) in [5.41, 5.74) is 3.25. The second-order valence-electron chi connectivity index (χ2n) is 7.25. The second-order valence-corrected chi connectivity index (χ2v) is 7.25. The third-order valence-corrected chi connectivity index (χ3v) is 4.98. The summed E-state index contributed by atoms with van der Waals surface area (Å²) in [4.78, 5) is 25.5. The number of amides is 1. The number of pyridine rings is 1. The molecule has 28 heavy (non-hydrogen) atoms. The smallest absolute Gasteiger partial charge is 0.274 e. The fraction of sp³-hybridized carbons (Fsp3) is 0.421. The predicted molar refractivity (Wildman–Crippen MR) is 101 cm³/mol. The molecule has 0 radical (unpaired) electrons. The number of carbonyl (C=O) groups is 1. The lowest BCUT2D eigenvalue weighted by Gasteiger charge is -2.09. The van der Waals surface area contributed by atoms with Crippen molar-refractivity contribution in [3.05, 3.63) is 41.1 Å². The molecule has 9 nitrogen and oxygen atoms in total. The molecule has 1 aliphatic rings. The highest BCUT2D eigenvalue weighted by atomic mass is 16.5. The van der Waals surface area contributed by atoms with Crippen molar-refractivity contribution in [3.63, 3.8) is 0 Å². The standard InChI is InChI=1S/C19H22N6O3/c1-11-6-14-15(20-7-11)16(17(26)21-9-19(27)4-5-19)24-25(14)8-13-12(2)18(28-3)23-10-22-13/h6-7,10,27H,4-5,8-9H2,1-3H3,(H,21,26). The van der Waals surface area contributed by atoms with Gasteiger partial charge in [-0.3, -0.25) is 14.5 Å². The summed E-state index contributed by atoms with van der Waals surface area (Å²) in [6.07, 6.45) is 4.56. The van der Waals surface area contributed by atoms with Crippen LogP contribution in [0.25, 0.3) is 11.0 Å². The van der Waals surface area contributed by atoms with Crippen LogP contribution >= 0.6 is 0 Å². The first kappa shape index (κ1) is 18.3. The van der Waals surface area contributed by atoms with E-state index in [9.17, 15) is 9.90 Å².